The van der Waals surface area contributed by atoms with Gasteiger partial charge in [-0.1, -0.05) is 17.7 Å². The van der Waals surface area contributed by atoms with Crippen molar-refractivity contribution in [3.63, 3.8) is 0 Å². The molecule has 2 rings (SSSR count). The summed E-state index contributed by atoms with van der Waals surface area (Å²) in [6.07, 6.45) is 0. The quantitative estimate of drug-likeness (QED) is 0.664. The van der Waals surface area contributed by atoms with E-state index in [1.54, 1.807) is 12.1 Å². The zero-order chi connectivity index (χ0) is 13.8. The number of rotatable bonds is 4. The van der Waals surface area contributed by atoms with Crippen molar-refractivity contribution in [2.45, 2.75) is 20.5 Å². The summed E-state index contributed by atoms with van der Waals surface area (Å²) in [5.74, 6) is 7.19. The van der Waals surface area contributed by atoms with Gasteiger partial charge in [0.2, 0.25) is 0 Å². The highest BCUT2D eigenvalue weighted by Gasteiger charge is 2.05. The van der Waals surface area contributed by atoms with Crippen LogP contribution in [0.2, 0.25) is 5.02 Å². The Bertz CT molecular complexity index is 589. The lowest BCUT2D eigenvalue weighted by Gasteiger charge is -2.10. The minimum atomic E-state index is 0.261. The van der Waals surface area contributed by atoms with Crippen LogP contribution >= 0.6 is 11.6 Å². The van der Waals surface area contributed by atoms with Crippen molar-refractivity contribution in [3.8, 4) is 5.75 Å². The van der Waals surface area contributed by atoms with E-state index in [4.69, 9.17) is 22.2 Å². The first-order valence-electron chi connectivity index (χ1n) is 5.78. The van der Waals surface area contributed by atoms with E-state index in [-0.39, 0.29) is 6.61 Å². The molecule has 0 amide bonds. The Morgan fingerprint density at radius 1 is 1.26 bits per heavy atom. The Morgan fingerprint density at radius 2 is 2.05 bits per heavy atom. The van der Waals surface area contributed by atoms with Crippen LogP contribution in [0.25, 0.3) is 0 Å². The van der Waals surface area contributed by atoms with Gasteiger partial charge in [-0.25, -0.2) is 15.8 Å². The van der Waals surface area contributed by atoms with Gasteiger partial charge in [-0.2, -0.15) is 0 Å². The maximum atomic E-state index is 5.93. The molecule has 0 radical (unpaired) electrons. The highest BCUT2D eigenvalue weighted by atomic mass is 35.5. The van der Waals surface area contributed by atoms with E-state index in [0.717, 1.165) is 17.0 Å². The number of hydrazine groups is 1. The third-order valence-electron chi connectivity index (χ3n) is 2.56. The van der Waals surface area contributed by atoms with E-state index in [2.05, 4.69) is 15.4 Å². The fourth-order valence-electron chi connectivity index (χ4n) is 1.64. The zero-order valence-corrected chi connectivity index (χ0v) is 11.5. The van der Waals surface area contributed by atoms with Crippen molar-refractivity contribution in [1.82, 2.24) is 9.97 Å². The predicted octanol–water partition coefficient (Wildman–Crippen LogP) is 2.61. The summed E-state index contributed by atoms with van der Waals surface area (Å²) in [7, 11) is 0. The van der Waals surface area contributed by atoms with Gasteiger partial charge in [-0.15, -0.1) is 0 Å². The topological polar surface area (TPSA) is 73.1 Å². The lowest BCUT2D eigenvalue weighted by atomic mass is 10.2. The van der Waals surface area contributed by atoms with Crippen molar-refractivity contribution in [3.05, 3.63) is 46.4 Å². The van der Waals surface area contributed by atoms with Crippen molar-refractivity contribution >= 4 is 17.4 Å². The molecular weight excluding hydrogens is 264 g/mol. The van der Waals surface area contributed by atoms with Crippen LogP contribution in [-0.2, 0) is 6.61 Å². The Labute approximate surface area is 116 Å². The highest BCUT2D eigenvalue weighted by Crippen LogP contribution is 2.23. The Kier molecular flexibility index (Phi) is 4.19. The second-order valence-corrected chi connectivity index (χ2v) is 4.59. The number of hydrogen-bond donors (Lipinski definition) is 2. The number of nitrogens with one attached hydrogen (secondary N) is 1. The van der Waals surface area contributed by atoms with E-state index >= 15 is 0 Å². The minimum Gasteiger partial charge on any atom is -0.485 e. The summed E-state index contributed by atoms with van der Waals surface area (Å²) in [5, 5.41) is 0.634. The first-order valence-corrected chi connectivity index (χ1v) is 6.16. The van der Waals surface area contributed by atoms with E-state index < -0.39 is 0 Å². The van der Waals surface area contributed by atoms with Crippen LogP contribution in [0, 0.1) is 13.8 Å². The molecule has 100 valence electrons. The Balaban J connectivity index is 2.14. The number of halogens is 1. The molecule has 3 N–H and O–H groups in total. The normalized spacial score (nSPS) is 10.3. The molecule has 0 aliphatic carbocycles. The molecule has 0 spiro atoms. The number of aromatic nitrogens is 2. The Hall–Kier alpha value is -1.85. The van der Waals surface area contributed by atoms with Crippen LogP contribution in [0.3, 0.4) is 0 Å². The second-order valence-electron chi connectivity index (χ2n) is 4.15. The highest BCUT2D eigenvalue weighted by molar-refractivity contribution is 6.30. The molecule has 5 nitrogen and oxygen atoms in total. The molecule has 6 heteroatoms. The molecule has 2 aromatic rings. The van der Waals surface area contributed by atoms with Gasteiger partial charge in [0, 0.05) is 16.8 Å². The summed E-state index contributed by atoms with van der Waals surface area (Å²) in [5.41, 5.74) is 4.33. The van der Waals surface area contributed by atoms with Gasteiger partial charge in [0.05, 0.1) is 0 Å². The molecule has 0 saturated heterocycles. The van der Waals surface area contributed by atoms with E-state index in [9.17, 15) is 0 Å². The second kappa shape index (κ2) is 5.86. The third kappa shape index (κ3) is 3.56. The number of nitrogens with two attached hydrogens (primary N) is 1. The number of hydrogen-bond acceptors (Lipinski definition) is 5. The van der Waals surface area contributed by atoms with Crippen LogP contribution in [0.4, 0.5) is 5.82 Å². The first-order chi connectivity index (χ1) is 9.08. The molecular formula is C13H15ClN4O. The number of nitrogen functional groups attached to an aromatic ring is 1. The van der Waals surface area contributed by atoms with E-state index in [1.807, 2.05) is 26.0 Å². The SMILES string of the molecule is Cc1cc(NN)nc(COc2cc(Cl)ccc2C)n1. The van der Waals surface area contributed by atoms with Crippen molar-refractivity contribution in [1.29, 1.82) is 0 Å². The first kappa shape index (κ1) is 13.6. The van der Waals surface area contributed by atoms with Crippen LogP contribution < -0.4 is 16.0 Å². The summed E-state index contributed by atoms with van der Waals surface area (Å²) < 4.78 is 5.68. The molecule has 0 bridgehead atoms. The van der Waals surface area contributed by atoms with Gasteiger partial charge in [-0.05, 0) is 31.5 Å². The number of anilines is 1. The maximum Gasteiger partial charge on any atom is 0.168 e. The summed E-state index contributed by atoms with van der Waals surface area (Å²) in [6, 6.07) is 7.26. The standard InChI is InChI=1S/C13H15ClN4O/c1-8-3-4-10(14)6-11(8)19-7-13-16-9(2)5-12(17-13)18-15/h3-6H,7,15H2,1-2H3,(H,16,17,18). The molecule has 19 heavy (non-hydrogen) atoms. The lowest BCUT2D eigenvalue weighted by molar-refractivity contribution is 0.293. The molecule has 0 fully saturated rings. The predicted molar refractivity (Wildman–Crippen MR) is 75.1 cm³/mol. The average molecular weight is 279 g/mol. The number of aryl methyl sites for hydroxylation is 2. The van der Waals surface area contributed by atoms with Crippen molar-refractivity contribution < 1.29 is 4.74 Å². The van der Waals surface area contributed by atoms with Gasteiger partial charge < -0.3 is 10.2 Å². The van der Waals surface area contributed by atoms with Gasteiger partial charge >= 0.3 is 0 Å². The minimum absolute atomic E-state index is 0.261. The van der Waals surface area contributed by atoms with Gasteiger partial charge in [0.25, 0.3) is 0 Å². The molecule has 0 unspecified atom stereocenters. The largest absolute Gasteiger partial charge is 0.485 e. The summed E-state index contributed by atoms with van der Waals surface area (Å²) >= 11 is 5.93. The van der Waals surface area contributed by atoms with Crippen molar-refractivity contribution in [2.75, 3.05) is 5.43 Å². The third-order valence-corrected chi connectivity index (χ3v) is 2.79. The van der Waals surface area contributed by atoms with Crippen LogP contribution in [0.5, 0.6) is 5.75 Å². The molecule has 1 aromatic carbocycles. The molecule has 0 aliphatic heterocycles. The molecule has 0 aliphatic rings. The zero-order valence-electron chi connectivity index (χ0n) is 10.8. The Morgan fingerprint density at radius 3 is 2.79 bits per heavy atom. The van der Waals surface area contributed by atoms with Gasteiger partial charge in [0.15, 0.2) is 5.82 Å². The summed E-state index contributed by atoms with van der Waals surface area (Å²) in [4.78, 5) is 8.50. The monoisotopic (exact) mass is 278 g/mol. The number of benzene rings is 1. The van der Waals surface area contributed by atoms with Gasteiger partial charge in [-0.3, -0.25) is 0 Å². The van der Waals surface area contributed by atoms with Crippen LogP contribution in [-0.4, -0.2) is 9.97 Å². The fraction of sp³-hybridized carbons (Fsp3) is 0.231. The summed E-state index contributed by atoms with van der Waals surface area (Å²) in [6.45, 7) is 4.09. The fourth-order valence-corrected chi connectivity index (χ4v) is 1.80. The van der Waals surface area contributed by atoms with E-state index in [1.165, 1.54) is 0 Å². The molecule has 1 heterocycles. The molecule has 0 saturated carbocycles. The molecule has 1 aromatic heterocycles. The van der Waals surface area contributed by atoms with Crippen molar-refractivity contribution in [2.24, 2.45) is 5.84 Å². The average Bonchev–Trinajstić information content (AvgIpc) is 2.39. The molecule has 0 atom stereocenters. The van der Waals surface area contributed by atoms with Crippen LogP contribution in [0.1, 0.15) is 17.1 Å². The lowest BCUT2D eigenvalue weighted by Crippen LogP contribution is -2.12. The smallest absolute Gasteiger partial charge is 0.168 e. The number of ether oxygens (including phenoxy) is 1. The number of nitrogens with zero attached hydrogens (tertiary/aromatic N) is 2. The van der Waals surface area contributed by atoms with Crippen LogP contribution in [0.15, 0.2) is 24.3 Å². The van der Waals surface area contributed by atoms with Gasteiger partial charge in [0.1, 0.15) is 18.2 Å². The maximum absolute atomic E-state index is 5.93. The van der Waals surface area contributed by atoms with E-state index in [0.29, 0.717) is 16.7 Å².